The zero-order valence-corrected chi connectivity index (χ0v) is 12.5. The first kappa shape index (κ1) is 16.6. The molecule has 1 aliphatic heterocycles. The molecule has 0 amide bonds. The van der Waals surface area contributed by atoms with Crippen LogP contribution in [-0.4, -0.2) is 24.5 Å². The van der Waals surface area contributed by atoms with E-state index in [1.165, 1.54) is 5.56 Å². The van der Waals surface area contributed by atoms with Gasteiger partial charge in [0.25, 0.3) is 0 Å². The average Bonchev–Trinajstić information content (AvgIpc) is 2.80. The lowest BCUT2D eigenvalue weighted by Gasteiger charge is -2.10. The lowest BCUT2D eigenvalue weighted by Crippen LogP contribution is -2.31. The lowest BCUT2D eigenvalue weighted by atomic mass is 9.99. The molecular formula is C17H25NO2. The van der Waals surface area contributed by atoms with Crippen molar-refractivity contribution < 1.29 is 9.53 Å². The van der Waals surface area contributed by atoms with Crippen molar-refractivity contribution in [1.29, 1.82) is 0 Å². The van der Waals surface area contributed by atoms with Crippen molar-refractivity contribution in [2.24, 2.45) is 5.73 Å². The van der Waals surface area contributed by atoms with Gasteiger partial charge < -0.3 is 10.5 Å². The largest absolute Gasteiger partial charge is 0.368 e. The highest BCUT2D eigenvalue weighted by molar-refractivity contribution is 5.90. The minimum absolute atomic E-state index is 0.0101. The van der Waals surface area contributed by atoms with Crippen molar-refractivity contribution in [2.75, 3.05) is 6.61 Å². The highest BCUT2D eigenvalue weighted by atomic mass is 16.5. The molecule has 20 heavy (non-hydrogen) atoms. The summed E-state index contributed by atoms with van der Waals surface area (Å²) in [5.41, 5.74) is 7.94. The van der Waals surface area contributed by atoms with Crippen LogP contribution >= 0.6 is 0 Å². The quantitative estimate of drug-likeness (QED) is 0.841. The number of hydrogen-bond acceptors (Lipinski definition) is 3. The van der Waals surface area contributed by atoms with Gasteiger partial charge >= 0.3 is 0 Å². The molecule has 1 heterocycles. The Labute approximate surface area is 121 Å². The Morgan fingerprint density at radius 2 is 2.00 bits per heavy atom. The molecule has 0 aromatic heterocycles. The molecular weight excluding hydrogens is 250 g/mol. The molecule has 1 aliphatic rings. The molecule has 3 heteroatoms. The normalized spacial score (nSPS) is 21.2. The third kappa shape index (κ3) is 4.91. The second-order valence-electron chi connectivity index (χ2n) is 4.77. The number of ether oxygens (including phenoxy) is 1. The van der Waals surface area contributed by atoms with Crippen LogP contribution in [0.5, 0.6) is 0 Å². The van der Waals surface area contributed by atoms with Crippen LogP contribution in [0.3, 0.4) is 0 Å². The van der Waals surface area contributed by atoms with Gasteiger partial charge in [-0.25, -0.2) is 0 Å². The van der Waals surface area contributed by atoms with Crippen molar-refractivity contribution in [3.05, 3.63) is 48.0 Å². The van der Waals surface area contributed by atoms with Crippen LogP contribution in [0.25, 0.3) is 0 Å². The van der Waals surface area contributed by atoms with E-state index in [9.17, 15) is 4.79 Å². The van der Waals surface area contributed by atoms with Gasteiger partial charge in [0, 0.05) is 6.42 Å². The number of nitrogens with two attached hydrogens (primary N) is 1. The molecule has 2 unspecified atom stereocenters. The number of hydrogen-bond donors (Lipinski definition) is 1. The maximum atomic E-state index is 11.6. The fraction of sp³-hybridized carbons (Fsp3) is 0.471. The predicted octanol–water partition coefficient (Wildman–Crippen LogP) is 2.89. The van der Waals surface area contributed by atoms with E-state index >= 15 is 0 Å². The number of Topliss-reactive ketones (excluding diaryl/α,β-unsaturated/α-hetero) is 1. The minimum Gasteiger partial charge on any atom is -0.368 e. The maximum absolute atomic E-state index is 11.6. The zero-order valence-electron chi connectivity index (χ0n) is 12.5. The van der Waals surface area contributed by atoms with Crippen LogP contribution in [0.2, 0.25) is 0 Å². The molecule has 3 nitrogen and oxygen atoms in total. The molecule has 1 saturated heterocycles. The second kappa shape index (κ2) is 8.67. The third-order valence-electron chi connectivity index (χ3n) is 3.24. The van der Waals surface area contributed by atoms with Gasteiger partial charge in [0.1, 0.15) is 6.10 Å². The van der Waals surface area contributed by atoms with Crippen LogP contribution in [0.15, 0.2) is 42.5 Å². The molecule has 1 aromatic rings. The number of aryl methyl sites for hydroxylation is 1. The summed E-state index contributed by atoms with van der Waals surface area (Å²) in [7, 11) is 0. The summed E-state index contributed by atoms with van der Waals surface area (Å²) in [6, 6.07) is 9.81. The Hall–Kier alpha value is -1.45. The summed E-state index contributed by atoms with van der Waals surface area (Å²) in [6.07, 6.45) is 2.06. The van der Waals surface area contributed by atoms with E-state index in [2.05, 4.69) is 18.7 Å². The van der Waals surface area contributed by atoms with Crippen LogP contribution in [0.4, 0.5) is 0 Å². The SMILES string of the molecule is C=C(CCc1ccccc1)CC1OCC(N)C1=O.CC. The van der Waals surface area contributed by atoms with E-state index in [-0.39, 0.29) is 11.9 Å². The molecule has 2 atom stereocenters. The lowest BCUT2D eigenvalue weighted by molar-refractivity contribution is -0.122. The number of benzene rings is 1. The molecule has 0 bridgehead atoms. The van der Waals surface area contributed by atoms with E-state index in [4.69, 9.17) is 10.5 Å². The van der Waals surface area contributed by atoms with E-state index in [1.54, 1.807) is 0 Å². The fourth-order valence-corrected chi connectivity index (χ4v) is 2.11. The van der Waals surface area contributed by atoms with Gasteiger partial charge in [0.05, 0.1) is 12.6 Å². The average molecular weight is 275 g/mol. The van der Waals surface area contributed by atoms with Crippen LogP contribution in [-0.2, 0) is 16.0 Å². The van der Waals surface area contributed by atoms with Crippen LogP contribution < -0.4 is 5.73 Å². The van der Waals surface area contributed by atoms with Gasteiger partial charge in [0.2, 0.25) is 0 Å². The highest BCUT2D eigenvalue weighted by Crippen LogP contribution is 2.18. The molecule has 0 aliphatic carbocycles. The van der Waals surface area contributed by atoms with Gasteiger partial charge in [-0.1, -0.05) is 56.3 Å². The minimum atomic E-state index is -0.447. The summed E-state index contributed by atoms with van der Waals surface area (Å²) in [5, 5.41) is 0. The highest BCUT2D eigenvalue weighted by Gasteiger charge is 2.32. The Bertz CT molecular complexity index is 428. The number of carbonyl (C=O) groups is 1. The van der Waals surface area contributed by atoms with Crippen molar-refractivity contribution in [3.63, 3.8) is 0 Å². The molecule has 0 radical (unpaired) electrons. The maximum Gasteiger partial charge on any atom is 0.180 e. The van der Waals surface area contributed by atoms with Crippen molar-refractivity contribution in [3.8, 4) is 0 Å². The summed E-state index contributed by atoms with van der Waals surface area (Å²) in [6.45, 7) is 8.36. The van der Waals surface area contributed by atoms with Crippen molar-refractivity contribution in [1.82, 2.24) is 0 Å². The second-order valence-corrected chi connectivity index (χ2v) is 4.77. The Balaban J connectivity index is 0.000000956. The van der Waals surface area contributed by atoms with Gasteiger partial charge in [0.15, 0.2) is 5.78 Å². The van der Waals surface area contributed by atoms with Crippen LogP contribution in [0, 0.1) is 0 Å². The van der Waals surface area contributed by atoms with Gasteiger partial charge in [-0.15, -0.1) is 0 Å². The van der Waals surface area contributed by atoms with Gasteiger partial charge in [-0.05, 0) is 18.4 Å². The first-order valence-electron chi connectivity index (χ1n) is 7.28. The van der Waals surface area contributed by atoms with E-state index in [0.717, 1.165) is 18.4 Å². The Morgan fingerprint density at radius 1 is 1.35 bits per heavy atom. The van der Waals surface area contributed by atoms with Gasteiger partial charge in [-0.3, -0.25) is 4.79 Å². The zero-order chi connectivity index (χ0) is 15.0. The van der Waals surface area contributed by atoms with E-state index in [0.29, 0.717) is 13.0 Å². The first-order chi connectivity index (χ1) is 9.66. The number of carbonyl (C=O) groups excluding carboxylic acids is 1. The van der Waals surface area contributed by atoms with Gasteiger partial charge in [-0.2, -0.15) is 0 Å². The predicted molar refractivity (Wildman–Crippen MR) is 82.6 cm³/mol. The summed E-state index contributed by atoms with van der Waals surface area (Å²) < 4.78 is 5.36. The van der Waals surface area contributed by atoms with Crippen molar-refractivity contribution in [2.45, 2.75) is 45.3 Å². The van der Waals surface area contributed by atoms with E-state index in [1.807, 2.05) is 32.0 Å². The van der Waals surface area contributed by atoms with Crippen molar-refractivity contribution >= 4 is 5.78 Å². The Kier molecular flexibility index (Phi) is 7.20. The summed E-state index contributed by atoms with van der Waals surface area (Å²) >= 11 is 0. The molecule has 2 rings (SSSR count). The molecule has 1 fully saturated rings. The van der Waals surface area contributed by atoms with E-state index < -0.39 is 6.04 Å². The topological polar surface area (TPSA) is 52.3 Å². The molecule has 2 N–H and O–H groups in total. The fourth-order valence-electron chi connectivity index (χ4n) is 2.11. The number of ketones is 1. The monoisotopic (exact) mass is 275 g/mol. The van der Waals surface area contributed by atoms with Crippen LogP contribution in [0.1, 0.15) is 32.3 Å². The standard InChI is InChI=1S/C15H19NO2.C2H6/c1-11(7-8-12-5-3-2-4-6-12)9-14-15(17)13(16)10-18-14;1-2/h2-6,13-14H,1,7-10,16H2;1-2H3. The smallest absolute Gasteiger partial charge is 0.180 e. The Morgan fingerprint density at radius 3 is 2.55 bits per heavy atom. The first-order valence-corrected chi connectivity index (χ1v) is 7.28. The molecule has 110 valence electrons. The molecule has 1 aromatic carbocycles. The molecule has 0 spiro atoms. The third-order valence-corrected chi connectivity index (χ3v) is 3.24. The summed E-state index contributed by atoms with van der Waals surface area (Å²) in [5.74, 6) is 0.0101. The molecule has 0 saturated carbocycles. The number of rotatable bonds is 5. The summed E-state index contributed by atoms with van der Waals surface area (Å²) in [4.78, 5) is 11.6.